The van der Waals surface area contributed by atoms with Crippen LogP contribution in [0.2, 0.25) is 0 Å². The number of hydrogen-bond donors (Lipinski definition) is 1. The van der Waals surface area contributed by atoms with Crippen molar-refractivity contribution in [3.05, 3.63) is 34.5 Å². The molecule has 16 heteroatoms. The van der Waals surface area contributed by atoms with Crippen molar-refractivity contribution >= 4 is 37.3 Å². The van der Waals surface area contributed by atoms with Crippen LogP contribution in [-0.2, 0) is 18.0 Å². The third-order valence-electron chi connectivity index (χ3n) is 8.39. The second-order valence-corrected chi connectivity index (χ2v) is 12.1. The van der Waals surface area contributed by atoms with Crippen LogP contribution in [0.3, 0.4) is 0 Å². The molecule has 0 spiro atoms. The Morgan fingerprint density at radius 3 is 2.75 bits per heavy atom. The molecule has 3 aliphatic heterocycles. The molecule has 6 heterocycles. The van der Waals surface area contributed by atoms with E-state index in [2.05, 4.69) is 15.0 Å². The third-order valence-corrected chi connectivity index (χ3v) is 9.42. The van der Waals surface area contributed by atoms with E-state index < -0.39 is 53.5 Å². The molecule has 3 aliphatic rings. The molecule has 2 fully saturated rings. The Bertz CT molecular complexity index is 1880. The number of halogens is 6. The summed E-state index contributed by atoms with van der Waals surface area (Å²) in [6.45, 7) is -1.20. The summed E-state index contributed by atoms with van der Waals surface area (Å²) in [7, 11) is 0. The second kappa shape index (κ2) is 10.3. The van der Waals surface area contributed by atoms with Crippen molar-refractivity contribution in [2.45, 2.75) is 50.4 Å². The quantitative estimate of drug-likeness (QED) is 0.271. The molecule has 44 heavy (non-hydrogen) atoms. The largest absolute Gasteiger partial charge is 0.467 e. The number of nitriles is 1. The fourth-order valence-corrected chi connectivity index (χ4v) is 7.50. The summed E-state index contributed by atoms with van der Waals surface area (Å²) in [6, 6.07) is 1.45. The van der Waals surface area contributed by atoms with E-state index in [1.807, 2.05) is 11.0 Å². The Hall–Kier alpha value is -3.94. The Labute approximate surface area is 249 Å². The molecule has 1 unspecified atom stereocenters. The lowest BCUT2D eigenvalue weighted by Gasteiger charge is -2.30. The number of nitrogens with zero attached hydrogens (tertiary/aromatic N) is 5. The number of aromatic nitrogens is 3. The molecular weight excluding hydrogens is 614 g/mol. The van der Waals surface area contributed by atoms with Gasteiger partial charge in [0.05, 0.1) is 46.3 Å². The van der Waals surface area contributed by atoms with Crippen molar-refractivity contribution in [2.24, 2.45) is 0 Å². The number of nitrogens with two attached hydrogens (primary N) is 1. The van der Waals surface area contributed by atoms with Crippen LogP contribution in [-0.4, -0.2) is 64.0 Å². The van der Waals surface area contributed by atoms with Gasteiger partial charge in [0.25, 0.3) is 0 Å². The molecule has 0 radical (unpaired) electrons. The van der Waals surface area contributed by atoms with Gasteiger partial charge in [-0.1, -0.05) is 0 Å². The molecule has 2 saturated heterocycles. The highest BCUT2D eigenvalue weighted by Gasteiger charge is 2.49. The van der Waals surface area contributed by atoms with Gasteiger partial charge >= 0.3 is 12.2 Å². The maximum atomic E-state index is 16.7. The number of rotatable bonds is 6. The van der Waals surface area contributed by atoms with E-state index in [9.17, 15) is 27.2 Å². The first-order valence-electron chi connectivity index (χ1n) is 13.6. The van der Waals surface area contributed by atoms with Gasteiger partial charge in [-0.2, -0.15) is 28.4 Å². The lowest BCUT2D eigenvalue weighted by atomic mass is 9.93. The summed E-state index contributed by atoms with van der Waals surface area (Å²) < 4.78 is 102. The number of thiophene rings is 1. The number of alkyl halides is 4. The predicted octanol–water partition coefficient (Wildman–Crippen LogP) is 5.57. The minimum absolute atomic E-state index is 0.00773. The maximum absolute atomic E-state index is 16.7. The lowest BCUT2D eigenvalue weighted by Crippen LogP contribution is -2.43. The van der Waals surface area contributed by atoms with Gasteiger partial charge in [-0.25, -0.2) is 13.2 Å². The maximum Gasteiger partial charge on any atom is 0.422 e. The van der Waals surface area contributed by atoms with Crippen LogP contribution in [0.15, 0.2) is 6.20 Å². The number of nitrogen functional groups attached to an aromatic ring is 1. The van der Waals surface area contributed by atoms with Crippen LogP contribution >= 0.6 is 11.3 Å². The van der Waals surface area contributed by atoms with E-state index in [4.69, 9.17) is 19.9 Å². The number of fused-ring (bicyclic) bond motifs is 5. The number of anilines is 1. The molecule has 7 rings (SSSR count). The van der Waals surface area contributed by atoms with E-state index >= 15 is 4.39 Å². The molecule has 2 N–H and O–H groups in total. The van der Waals surface area contributed by atoms with Gasteiger partial charge in [-0.05, 0) is 30.5 Å². The molecule has 0 saturated carbocycles. The van der Waals surface area contributed by atoms with Crippen LogP contribution in [0, 0.1) is 23.0 Å². The standard InChI is InChI=1S/C28H22F6N6O3S/c29-12-4-27(2-1-3-40(27)7-12)10-43-26-38-22-19(25(39-26)42-11-28(32,33)34)15-9-41-8-14(15)17(20(22)31)21-18-13(5-35)24(36)44-23(18)16(30)6-37-21/h6,12H,1-4,7-11,36H2/t12?,27-/m0/s1. The molecule has 0 bridgehead atoms. The fourth-order valence-electron chi connectivity index (χ4n) is 6.58. The van der Waals surface area contributed by atoms with Crippen molar-refractivity contribution in [3.8, 4) is 29.2 Å². The SMILES string of the molecule is N#Cc1c(N)sc2c(F)cnc(-c3c4c(c5c(OCC(F)(F)F)nc(OC[C@@]67CCCN6CC(F)C7)nc5c3F)COC4)c12. The Kier molecular flexibility index (Phi) is 6.75. The van der Waals surface area contributed by atoms with Gasteiger partial charge in [-0.3, -0.25) is 9.88 Å². The van der Waals surface area contributed by atoms with Crippen LogP contribution < -0.4 is 15.2 Å². The highest BCUT2D eigenvalue weighted by Crippen LogP contribution is 2.47. The fraction of sp³-hybridized carbons (Fsp3) is 0.429. The first-order valence-corrected chi connectivity index (χ1v) is 14.4. The summed E-state index contributed by atoms with van der Waals surface area (Å²) in [6.07, 6.45) is -3.27. The van der Waals surface area contributed by atoms with Gasteiger partial charge in [0.2, 0.25) is 5.88 Å². The molecule has 0 amide bonds. The Morgan fingerprint density at radius 1 is 1.18 bits per heavy atom. The summed E-state index contributed by atoms with van der Waals surface area (Å²) in [5.74, 6) is -2.37. The van der Waals surface area contributed by atoms with Crippen molar-refractivity contribution in [2.75, 3.05) is 32.0 Å². The molecule has 3 aromatic heterocycles. The number of benzene rings is 1. The lowest BCUT2D eigenvalue weighted by molar-refractivity contribution is -0.153. The molecule has 0 aliphatic carbocycles. The van der Waals surface area contributed by atoms with E-state index in [-0.39, 0.29) is 81.2 Å². The highest BCUT2D eigenvalue weighted by molar-refractivity contribution is 7.23. The summed E-state index contributed by atoms with van der Waals surface area (Å²) in [4.78, 5) is 14.4. The van der Waals surface area contributed by atoms with Gasteiger partial charge in [0, 0.05) is 23.9 Å². The van der Waals surface area contributed by atoms with E-state index in [0.29, 0.717) is 13.0 Å². The van der Waals surface area contributed by atoms with Gasteiger partial charge in [-0.15, -0.1) is 11.3 Å². The highest BCUT2D eigenvalue weighted by atomic mass is 32.1. The summed E-state index contributed by atoms with van der Waals surface area (Å²) >= 11 is 0.805. The zero-order valence-electron chi connectivity index (χ0n) is 22.7. The van der Waals surface area contributed by atoms with Gasteiger partial charge in [0.15, 0.2) is 18.2 Å². The van der Waals surface area contributed by atoms with Gasteiger partial charge < -0.3 is 19.9 Å². The molecule has 1 aromatic carbocycles. The van der Waals surface area contributed by atoms with Crippen LogP contribution in [0.1, 0.15) is 36.0 Å². The first kappa shape index (κ1) is 28.8. The van der Waals surface area contributed by atoms with Crippen LogP contribution in [0.4, 0.5) is 31.3 Å². The normalized spacial score (nSPS) is 21.6. The smallest absolute Gasteiger partial charge is 0.422 e. The van der Waals surface area contributed by atoms with E-state index in [0.717, 1.165) is 24.0 Å². The topological polar surface area (TPSA) is 119 Å². The molecule has 4 aromatic rings. The Balaban J connectivity index is 1.43. The second-order valence-electron chi connectivity index (χ2n) is 11.1. The predicted molar refractivity (Wildman–Crippen MR) is 146 cm³/mol. The summed E-state index contributed by atoms with van der Waals surface area (Å²) in [5, 5.41) is 9.61. The van der Waals surface area contributed by atoms with Crippen molar-refractivity contribution in [1.82, 2.24) is 19.9 Å². The summed E-state index contributed by atoms with van der Waals surface area (Å²) in [5.41, 5.74) is 4.97. The van der Waals surface area contributed by atoms with Crippen LogP contribution in [0.25, 0.3) is 32.2 Å². The number of hydrogen-bond acceptors (Lipinski definition) is 10. The zero-order valence-corrected chi connectivity index (χ0v) is 23.5. The molecular formula is C28H22F6N6O3S. The average molecular weight is 637 g/mol. The van der Waals surface area contributed by atoms with E-state index in [1.165, 1.54) is 0 Å². The average Bonchev–Trinajstić information content (AvgIpc) is 3.73. The number of ether oxygens (including phenoxy) is 3. The zero-order chi connectivity index (χ0) is 31.0. The molecule has 230 valence electrons. The number of pyridine rings is 1. The monoisotopic (exact) mass is 636 g/mol. The van der Waals surface area contributed by atoms with Gasteiger partial charge in [0.1, 0.15) is 29.4 Å². The van der Waals surface area contributed by atoms with E-state index in [1.54, 1.807) is 0 Å². The molecule has 9 nitrogen and oxygen atoms in total. The van der Waals surface area contributed by atoms with Crippen molar-refractivity contribution in [3.63, 3.8) is 0 Å². The van der Waals surface area contributed by atoms with Crippen LogP contribution in [0.5, 0.6) is 11.9 Å². The molecule has 2 atom stereocenters. The minimum atomic E-state index is -4.74. The van der Waals surface area contributed by atoms with Crippen molar-refractivity contribution in [1.29, 1.82) is 5.26 Å². The Morgan fingerprint density at radius 2 is 1.98 bits per heavy atom. The first-order chi connectivity index (χ1) is 21.0. The van der Waals surface area contributed by atoms with Crippen molar-refractivity contribution < 1.29 is 40.6 Å². The minimum Gasteiger partial charge on any atom is -0.467 e. The third kappa shape index (κ3) is 4.56.